The van der Waals surface area contributed by atoms with Crippen molar-refractivity contribution in [3.05, 3.63) is 26.5 Å². The maximum atomic E-state index is 5.79. The number of nitrogen functional groups attached to an aromatic ring is 1. The summed E-state index contributed by atoms with van der Waals surface area (Å²) in [4.78, 5) is 5.53. The fourth-order valence-electron chi connectivity index (χ4n) is 2.05. The third-order valence-corrected chi connectivity index (χ3v) is 4.54. The molecule has 0 aliphatic carbocycles. The lowest BCUT2D eigenvalue weighted by Crippen LogP contribution is -1.97. The number of nitrogens with zero attached hydrogens (tertiary/aromatic N) is 1. The minimum Gasteiger partial charge on any atom is -0.496 e. The van der Waals surface area contributed by atoms with Crippen molar-refractivity contribution in [2.75, 3.05) is 12.8 Å². The molecule has 0 unspecified atom stereocenters. The van der Waals surface area contributed by atoms with Crippen LogP contribution in [0.1, 0.15) is 16.0 Å². The van der Waals surface area contributed by atoms with Gasteiger partial charge in [0.2, 0.25) is 0 Å². The number of aromatic nitrogens is 1. The zero-order valence-corrected chi connectivity index (χ0v) is 13.2. The average molecular weight is 327 g/mol. The molecule has 0 aliphatic rings. The second-order valence-corrected chi connectivity index (χ2v) is 6.25. The predicted molar refractivity (Wildman–Crippen MR) is 80.4 cm³/mol. The lowest BCUT2D eigenvalue weighted by atomic mass is 10.0. The number of ether oxygens (including phenoxy) is 1. The quantitative estimate of drug-likeness (QED) is 0.904. The van der Waals surface area contributed by atoms with Crippen molar-refractivity contribution in [3.63, 3.8) is 0 Å². The van der Waals surface area contributed by atoms with Gasteiger partial charge in [-0.3, -0.25) is 0 Å². The number of anilines is 1. The van der Waals surface area contributed by atoms with E-state index in [2.05, 4.69) is 33.9 Å². The number of thiazole rings is 1. The fourth-order valence-corrected chi connectivity index (χ4v) is 3.28. The normalized spacial score (nSPS) is 10.7. The molecule has 1 aromatic carbocycles. The van der Waals surface area contributed by atoms with Gasteiger partial charge < -0.3 is 10.5 Å². The van der Waals surface area contributed by atoms with E-state index in [9.17, 15) is 0 Å². The maximum absolute atomic E-state index is 5.79. The van der Waals surface area contributed by atoms with Crippen LogP contribution in [0, 0.1) is 20.8 Å². The van der Waals surface area contributed by atoms with Crippen LogP contribution in [0.4, 0.5) is 5.13 Å². The molecule has 0 radical (unpaired) electrons. The average Bonchev–Trinajstić information content (AvgIpc) is 2.62. The van der Waals surface area contributed by atoms with Crippen molar-refractivity contribution in [3.8, 4) is 17.0 Å². The van der Waals surface area contributed by atoms with E-state index in [1.807, 2.05) is 13.8 Å². The van der Waals surface area contributed by atoms with Gasteiger partial charge in [-0.25, -0.2) is 4.98 Å². The highest BCUT2D eigenvalue weighted by Crippen LogP contribution is 2.42. The molecule has 0 saturated heterocycles. The first-order valence-electron chi connectivity index (χ1n) is 5.52. The van der Waals surface area contributed by atoms with E-state index in [4.69, 9.17) is 10.5 Å². The Kier molecular flexibility index (Phi) is 3.64. The summed E-state index contributed by atoms with van der Waals surface area (Å²) in [6.07, 6.45) is 0. The molecule has 5 heteroatoms. The van der Waals surface area contributed by atoms with Crippen molar-refractivity contribution < 1.29 is 4.74 Å². The SMILES string of the molecule is COc1c(C)cc(Br)c(C)c1-c1nc(N)sc1C. The van der Waals surface area contributed by atoms with Gasteiger partial charge in [-0.05, 0) is 38.0 Å². The molecule has 0 fully saturated rings. The Labute approximate surface area is 119 Å². The van der Waals surface area contributed by atoms with E-state index in [1.54, 1.807) is 7.11 Å². The number of hydrogen-bond donors (Lipinski definition) is 1. The molecule has 0 aliphatic heterocycles. The molecule has 1 aromatic heterocycles. The second kappa shape index (κ2) is 4.90. The number of hydrogen-bond acceptors (Lipinski definition) is 4. The summed E-state index contributed by atoms with van der Waals surface area (Å²) in [6.45, 7) is 6.10. The van der Waals surface area contributed by atoms with Gasteiger partial charge in [0, 0.05) is 14.9 Å². The van der Waals surface area contributed by atoms with Crippen molar-refractivity contribution >= 4 is 32.4 Å². The first kappa shape index (κ1) is 13.4. The van der Waals surface area contributed by atoms with Crippen LogP contribution < -0.4 is 10.5 Å². The first-order valence-corrected chi connectivity index (χ1v) is 7.13. The van der Waals surface area contributed by atoms with Gasteiger partial charge in [0.05, 0.1) is 12.8 Å². The maximum Gasteiger partial charge on any atom is 0.180 e. The molecule has 2 aromatic rings. The standard InChI is InChI=1S/C13H15BrN2OS/c1-6-5-9(14)7(2)10(12(6)17-4)11-8(3)18-13(15)16-11/h5H,1-4H3,(H2,15,16). The van der Waals surface area contributed by atoms with Gasteiger partial charge in [0.25, 0.3) is 0 Å². The Morgan fingerprint density at radius 2 is 2.00 bits per heavy atom. The Balaban J connectivity index is 2.80. The number of halogens is 1. The van der Waals surface area contributed by atoms with Crippen LogP contribution in [0.25, 0.3) is 11.3 Å². The summed E-state index contributed by atoms with van der Waals surface area (Å²) in [5.41, 5.74) is 9.92. The number of nitrogens with two attached hydrogens (primary N) is 1. The monoisotopic (exact) mass is 326 g/mol. The summed E-state index contributed by atoms with van der Waals surface area (Å²) < 4.78 is 6.59. The molecule has 2 rings (SSSR count). The van der Waals surface area contributed by atoms with E-state index in [0.29, 0.717) is 5.13 Å². The molecule has 0 amide bonds. The third kappa shape index (κ3) is 2.12. The molecule has 0 bridgehead atoms. The van der Waals surface area contributed by atoms with E-state index in [0.717, 1.165) is 37.5 Å². The van der Waals surface area contributed by atoms with Crippen molar-refractivity contribution in [2.24, 2.45) is 0 Å². The van der Waals surface area contributed by atoms with Crippen LogP contribution in [-0.2, 0) is 0 Å². The van der Waals surface area contributed by atoms with Crippen molar-refractivity contribution in [1.82, 2.24) is 4.98 Å². The summed E-state index contributed by atoms with van der Waals surface area (Å²) in [7, 11) is 1.68. The summed E-state index contributed by atoms with van der Waals surface area (Å²) in [5, 5.41) is 0.585. The number of rotatable bonds is 2. The topological polar surface area (TPSA) is 48.1 Å². The van der Waals surface area contributed by atoms with Gasteiger partial charge in [-0.2, -0.15) is 0 Å². The Morgan fingerprint density at radius 3 is 2.50 bits per heavy atom. The molecule has 96 valence electrons. The Hall–Kier alpha value is -1.07. The highest BCUT2D eigenvalue weighted by Gasteiger charge is 2.19. The molecule has 18 heavy (non-hydrogen) atoms. The molecule has 1 heterocycles. The highest BCUT2D eigenvalue weighted by atomic mass is 79.9. The second-order valence-electron chi connectivity index (χ2n) is 4.17. The summed E-state index contributed by atoms with van der Waals surface area (Å²) in [5.74, 6) is 0.865. The van der Waals surface area contributed by atoms with Gasteiger partial charge in [0.1, 0.15) is 5.75 Å². The minimum absolute atomic E-state index is 0.585. The summed E-state index contributed by atoms with van der Waals surface area (Å²) in [6, 6.07) is 2.06. The molecule has 3 nitrogen and oxygen atoms in total. The van der Waals surface area contributed by atoms with Crippen LogP contribution in [0.2, 0.25) is 0 Å². The van der Waals surface area contributed by atoms with Gasteiger partial charge >= 0.3 is 0 Å². The lowest BCUT2D eigenvalue weighted by molar-refractivity contribution is 0.413. The van der Waals surface area contributed by atoms with Crippen LogP contribution in [0.5, 0.6) is 5.75 Å². The number of benzene rings is 1. The Morgan fingerprint density at radius 1 is 1.33 bits per heavy atom. The zero-order valence-electron chi connectivity index (χ0n) is 10.8. The van der Waals surface area contributed by atoms with Crippen LogP contribution in [0.3, 0.4) is 0 Å². The van der Waals surface area contributed by atoms with Crippen LogP contribution >= 0.6 is 27.3 Å². The third-order valence-electron chi connectivity index (χ3n) is 2.92. The lowest BCUT2D eigenvalue weighted by Gasteiger charge is -2.15. The van der Waals surface area contributed by atoms with Crippen molar-refractivity contribution in [2.45, 2.75) is 20.8 Å². The Bertz CT molecular complexity index is 608. The number of aryl methyl sites for hydroxylation is 2. The first-order chi connectivity index (χ1) is 8.45. The van der Waals surface area contributed by atoms with Crippen LogP contribution in [-0.4, -0.2) is 12.1 Å². The molecule has 0 spiro atoms. The highest BCUT2D eigenvalue weighted by molar-refractivity contribution is 9.10. The van der Waals surface area contributed by atoms with E-state index in [-0.39, 0.29) is 0 Å². The van der Waals surface area contributed by atoms with Gasteiger partial charge in [0.15, 0.2) is 5.13 Å². The number of methoxy groups -OCH3 is 1. The van der Waals surface area contributed by atoms with Crippen LogP contribution in [0.15, 0.2) is 10.5 Å². The van der Waals surface area contributed by atoms with E-state index >= 15 is 0 Å². The minimum atomic E-state index is 0.585. The van der Waals surface area contributed by atoms with Gasteiger partial charge in [-0.15, -0.1) is 11.3 Å². The van der Waals surface area contributed by atoms with Crippen molar-refractivity contribution in [1.29, 1.82) is 0 Å². The van der Waals surface area contributed by atoms with Gasteiger partial charge in [-0.1, -0.05) is 15.9 Å². The molecular formula is C13H15BrN2OS. The molecule has 2 N–H and O–H groups in total. The summed E-state index contributed by atoms with van der Waals surface area (Å²) >= 11 is 5.08. The molecule has 0 saturated carbocycles. The molecule has 0 atom stereocenters. The zero-order chi connectivity index (χ0) is 13.4. The fraction of sp³-hybridized carbons (Fsp3) is 0.308. The van der Waals surface area contributed by atoms with E-state index < -0.39 is 0 Å². The van der Waals surface area contributed by atoms with E-state index in [1.165, 1.54) is 11.3 Å². The smallest absolute Gasteiger partial charge is 0.180 e. The largest absolute Gasteiger partial charge is 0.496 e. The predicted octanol–water partition coefficient (Wildman–Crippen LogP) is 4.09. The molecular weight excluding hydrogens is 312 g/mol.